The van der Waals surface area contributed by atoms with Crippen LogP contribution in [-0.2, 0) is 16.6 Å². The molecule has 0 spiro atoms. The van der Waals surface area contributed by atoms with Crippen molar-refractivity contribution >= 4 is 27.0 Å². The Morgan fingerprint density at radius 3 is 2.48 bits per heavy atom. The molecule has 2 aromatic rings. The van der Waals surface area contributed by atoms with E-state index in [1.165, 1.54) is 11.3 Å². The summed E-state index contributed by atoms with van der Waals surface area (Å²) in [6.45, 7) is 6.39. The highest BCUT2D eigenvalue weighted by molar-refractivity contribution is 7.93. The van der Waals surface area contributed by atoms with E-state index < -0.39 is 10.0 Å². The highest BCUT2D eigenvalue weighted by Crippen LogP contribution is 2.28. The molecule has 0 amide bonds. The first-order chi connectivity index (χ1) is 9.83. The molecular weight excluding hydrogens is 304 g/mol. The monoisotopic (exact) mass is 324 g/mol. The molecular formula is C15H20N2O2S2. The minimum Gasteiger partial charge on any atom is -0.315 e. The van der Waals surface area contributed by atoms with Gasteiger partial charge in [0.05, 0.1) is 5.69 Å². The van der Waals surface area contributed by atoms with Gasteiger partial charge in [0.1, 0.15) is 4.90 Å². The lowest BCUT2D eigenvalue weighted by molar-refractivity contribution is 0.601. The molecule has 6 heteroatoms. The fourth-order valence-corrected chi connectivity index (χ4v) is 4.96. The van der Waals surface area contributed by atoms with Gasteiger partial charge in [-0.05, 0) is 45.5 Å². The van der Waals surface area contributed by atoms with E-state index >= 15 is 0 Å². The molecule has 0 aliphatic rings. The Hall–Kier alpha value is -1.37. The van der Waals surface area contributed by atoms with Crippen molar-refractivity contribution in [3.8, 4) is 0 Å². The van der Waals surface area contributed by atoms with Crippen molar-refractivity contribution in [2.24, 2.45) is 0 Å². The third kappa shape index (κ3) is 3.64. The summed E-state index contributed by atoms with van der Waals surface area (Å²) in [5.74, 6) is 0. The highest BCUT2D eigenvalue weighted by atomic mass is 32.2. The van der Waals surface area contributed by atoms with Crippen molar-refractivity contribution in [2.75, 3.05) is 11.8 Å². The molecule has 0 unspecified atom stereocenters. The normalized spacial score (nSPS) is 11.6. The number of benzene rings is 1. The number of hydrogen-bond acceptors (Lipinski definition) is 4. The minimum atomic E-state index is -3.54. The molecule has 0 aliphatic carbocycles. The summed E-state index contributed by atoms with van der Waals surface area (Å²) in [7, 11) is -1.70. The molecule has 2 N–H and O–H groups in total. The zero-order valence-corrected chi connectivity index (χ0v) is 14.3. The van der Waals surface area contributed by atoms with Gasteiger partial charge in [0.15, 0.2) is 0 Å². The van der Waals surface area contributed by atoms with Gasteiger partial charge < -0.3 is 5.32 Å². The van der Waals surface area contributed by atoms with Gasteiger partial charge in [-0.3, -0.25) is 4.72 Å². The molecule has 0 atom stereocenters. The van der Waals surface area contributed by atoms with Crippen LogP contribution in [-0.4, -0.2) is 15.5 Å². The van der Waals surface area contributed by atoms with Gasteiger partial charge in [-0.1, -0.05) is 17.7 Å². The van der Waals surface area contributed by atoms with Crippen LogP contribution < -0.4 is 10.0 Å². The number of hydrogen-bond donors (Lipinski definition) is 2. The van der Waals surface area contributed by atoms with Gasteiger partial charge in [-0.2, -0.15) is 0 Å². The minimum absolute atomic E-state index is 0.359. The van der Waals surface area contributed by atoms with Crippen LogP contribution in [0, 0.1) is 20.8 Å². The van der Waals surface area contributed by atoms with E-state index in [0.29, 0.717) is 17.1 Å². The Kier molecular flexibility index (Phi) is 4.70. The molecule has 4 nitrogen and oxygen atoms in total. The van der Waals surface area contributed by atoms with E-state index in [9.17, 15) is 8.42 Å². The van der Waals surface area contributed by atoms with Gasteiger partial charge in [-0.25, -0.2) is 8.42 Å². The van der Waals surface area contributed by atoms with Gasteiger partial charge >= 0.3 is 0 Å². The van der Waals surface area contributed by atoms with Crippen LogP contribution in [0.25, 0.3) is 0 Å². The van der Waals surface area contributed by atoms with Gasteiger partial charge in [-0.15, -0.1) is 11.3 Å². The van der Waals surface area contributed by atoms with Crippen LogP contribution >= 0.6 is 11.3 Å². The van der Waals surface area contributed by atoms with Crippen LogP contribution in [0.5, 0.6) is 0 Å². The lowest BCUT2D eigenvalue weighted by Crippen LogP contribution is -2.14. The fourth-order valence-electron chi connectivity index (χ4n) is 2.18. The smallest absolute Gasteiger partial charge is 0.263 e. The topological polar surface area (TPSA) is 58.2 Å². The molecule has 21 heavy (non-hydrogen) atoms. The molecule has 1 aromatic heterocycles. The van der Waals surface area contributed by atoms with Crippen LogP contribution in [0.1, 0.15) is 20.9 Å². The number of nitrogens with one attached hydrogen (secondary N) is 2. The standard InChI is InChI=1S/C15H20N2O2S2/c1-10-5-6-14(11(2)7-10)17-21(18,19)15-8-13(9-16-4)20-12(15)3/h5-8,16-17H,9H2,1-4H3. The Morgan fingerprint density at radius 2 is 1.86 bits per heavy atom. The molecule has 1 heterocycles. The van der Waals surface area contributed by atoms with Crippen molar-refractivity contribution in [3.63, 3.8) is 0 Å². The summed E-state index contributed by atoms with van der Waals surface area (Å²) in [5.41, 5.74) is 2.65. The zero-order chi connectivity index (χ0) is 15.6. The largest absolute Gasteiger partial charge is 0.315 e. The number of rotatable bonds is 5. The van der Waals surface area contributed by atoms with Gasteiger partial charge in [0.25, 0.3) is 10.0 Å². The molecule has 0 radical (unpaired) electrons. The Balaban J connectivity index is 2.34. The molecule has 114 valence electrons. The molecule has 1 aromatic carbocycles. The van der Waals surface area contributed by atoms with E-state index in [1.54, 1.807) is 12.1 Å². The molecule has 0 bridgehead atoms. The highest BCUT2D eigenvalue weighted by Gasteiger charge is 2.20. The predicted molar refractivity (Wildman–Crippen MR) is 88.5 cm³/mol. The summed E-state index contributed by atoms with van der Waals surface area (Å²) in [4.78, 5) is 2.17. The predicted octanol–water partition coefficient (Wildman–Crippen LogP) is 3.19. The van der Waals surface area contributed by atoms with E-state index in [1.807, 2.05) is 40.0 Å². The number of sulfonamides is 1. The van der Waals surface area contributed by atoms with E-state index in [4.69, 9.17) is 0 Å². The molecule has 0 aliphatic heterocycles. The zero-order valence-electron chi connectivity index (χ0n) is 12.6. The Morgan fingerprint density at radius 1 is 1.14 bits per heavy atom. The lowest BCUT2D eigenvalue weighted by atomic mass is 10.1. The maximum absolute atomic E-state index is 12.6. The van der Waals surface area contributed by atoms with E-state index in [2.05, 4.69) is 10.0 Å². The van der Waals surface area contributed by atoms with E-state index in [-0.39, 0.29) is 0 Å². The first kappa shape index (κ1) is 16.0. The van der Waals surface area contributed by atoms with Gasteiger partial charge in [0, 0.05) is 16.3 Å². The van der Waals surface area contributed by atoms with Crippen molar-refractivity contribution < 1.29 is 8.42 Å². The SMILES string of the molecule is CNCc1cc(S(=O)(=O)Nc2ccc(C)cc2C)c(C)s1. The first-order valence-electron chi connectivity index (χ1n) is 6.67. The van der Waals surface area contributed by atoms with Crippen LogP contribution in [0.15, 0.2) is 29.2 Å². The van der Waals surface area contributed by atoms with Gasteiger partial charge in [0.2, 0.25) is 0 Å². The van der Waals surface area contributed by atoms with Crippen molar-refractivity contribution in [1.29, 1.82) is 0 Å². The van der Waals surface area contributed by atoms with Crippen LogP contribution in [0.3, 0.4) is 0 Å². The summed E-state index contributed by atoms with van der Waals surface area (Å²) in [6, 6.07) is 7.41. The average molecular weight is 324 g/mol. The Bertz CT molecular complexity index is 749. The van der Waals surface area contributed by atoms with Crippen molar-refractivity contribution in [1.82, 2.24) is 5.32 Å². The van der Waals surface area contributed by atoms with Crippen molar-refractivity contribution in [2.45, 2.75) is 32.2 Å². The second kappa shape index (κ2) is 6.17. The number of anilines is 1. The fraction of sp³-hybridized carbons (Fsp3) is 0.333. The number of thiophene rings is 1. The summed E-state index contributed by atoms with van der Waals surface area (Å²) in [6.07, 6.45) is 0. The summed E-state index contributed by atoms with van der Waals surface area (Å²) >= 11 is 1.50. The summed E-state index contributed by atoms with van der Waals surface area (Å²) in [5, 5.41) is 3.04. The Labute approximate surface area is 130 Å². The maximum atomic E-state index is 12.6. The van der Waals surface area contributed by atoms with Crippen LogP contribution in [0.2, 0.25) is 0 Å². The molecule has 0 saturated heterocycles. The van der Waals surface area contributed by atoms with Crippen LogP contribution in [0.4, 0.5) is 5.69 Å². The molecule has 0 saturated carbocycles. The first-order valence-corrected chi connectivity index (χ1v) is 8.97. The molecule has 2 rings (SSSR count). The van der Waals surface area contributed by atoms with E-state index in [0.717, 1.165) is 20.9 Å². The second-order valence-corrected chi connectivity index (χ2v) is 8.08. The third-order valence-electron chi connectivity index (χ3n) is 3.19. The lowest BCUT2D eigenvalue weighted by Gasteiger charge is -2.10. The van der Waals surface area contributed by atoms with Crippen molar-refractivity contribution in [3.05, 3.63) is 45.1 Å². The average Bonchev–Trinajstić information content (AvgIpc) is 2.75. The second-order valence-electron chi connectivity index (χ2n) is 5.09. The quantitative estimate of drug-likeness (QED) is 0.888. The summed E-state index contributed by atoms with van der Waals surface area (Å²) < 4.78 is 27.8. The number of aryl methyl sites for hydroxylation is 3. The molecule has 0 fully saturated rings. The maximum Gasteiger partial charge on any atom is 0.263 e. The third-order valence-corrected chi connectivity index (χ3v) is 5.86.